The van der Waals surface area contributed by atoms with Gasteiger partial charge in [0.25, 0.3) is 0 Å². The molecular formula is C5H9NS2. The molecule has 0 bridgehead atoms. The Morgan fingerprint density at radius 3 is 3.00 bits per heavy atom. The maximum atomic E-state index is 5.00. The fourth-order valence-electron chi connectivity index (χ4n) is 0.629. The zero-order chi connectivity index (χ0) is 5.98. The molecule has 0 aliphatic carbocycles. The first-order chi connectivity index (χ1) is 3.80. The normalized spacial score (nSPS) is 29.6. The van der Waals surface area contributed by atoms with Crippen LogP contribution in [0.4, 0.5) is 0 Å². The second-order valence-electron chi connectivity index (χ2n) is 1.80. The average molecular weight is 147 g/mol. The molecule has 3 heteroatoms. The van der Waals surface area contributed by atoms with E-state index in [0.29, 0.717) is 5.25 Å². The molecule has 8 heavy (non-hydrogen) atoms. The lowest BCUT2D eigenvalue weighted by molar-refractivity contribution is 0.946. The van der Waals surface area contributed by atoms with E-state index >= 15 is 0 Å². The van der Waals surface area contributed by atoms with Crippen molar-refractivity contribution in [2.75, 3.05) is 12.3 Å². The van der Waals surface area contributed by atoms with Crippen molar-refractivity contribution in [1.29, 1.82) is 0 Å². The molecule has 1 rings (SSSR count). The van der Waals surface area contributed by atoms with Gasteiger partial charge in [0.2, 0.25) is 0 Å². The highest BCUT2D eigenvalue weighted by Gasteiger charge is 2.12. The fraction of sp³-hybridized carbons (Fsp3) is 0.800. The number of hydrogen-bond donors (Lipinski definition) is 1. The van der Waals surface area contributed by atoms with E-state index in [2.05, 4.69) is 12.2 Å². The summed E-state index contributed by atoms with van der Waals surface area (Å²) in [6, 6.07) is 0. The second-order valence-corrected chi connectivity index (χ2v) is 3.69. The Labute approximate surface area is 59.2 Å². The van der Waals surface area contributed by atoms with E-state index in [1.807, 2.05) is 11.8 Å². The lowest BCUT2D eigenvalue weighted by atomic mass is 10.4. The Morgan fingerprint density at radius 2 is 2.62 bits per heavy atom. The van der Waals surface area contributed by atoms with Crippen LogP contribution in [-0.2, 0) is 0 Å². The van der Waals surface area contributed by atoms with Crippen LogP contribution in [0.2, 0.25) is 0 Å². The van der Waals surface area contributed by atoms with Gasteiger partial charge in [-0.25, -0.2) is 0 Å². The molecule has 1 aliphatic rings. The van der Waals surface area contributed by atoms with Crippen molar-refractivity contribution in [3.63, 3.8) is 0 Å². The largest absolute Gasteiger partial charge is 0.378 e. The van der Waals surface area contributed by atoms with Gasteiger partial charge in [0.15, 0.2) is 0 Å². The molecule has 0 radical (unpaired) electrons. The predicted octanol–water partition coefficient (Wildman–Crippen LogP) is 1.04. The van der Waals surface area contributed by atoms with Crippen LogP contribution in [0.15, 0.2) is 0 Å². The third-order valence-electron chi connectivity index (χ3n) is 1.14. The van der Waals surface area contributed by atoms with Crippen molar-refractivity contribution in [2.45, 2.75) is 12.2 Å². The maximum absolute atomic E-state index is 5.00. The van der Waals surface area contributed by atoms with Crippen molar-refractivity contribution in [1.82, 2.24) is 5.32 Å². The molecule has 46 valence electrons. The summed E-state index contributed by atoms with van der Waals surface area (Å²) in [5, 5.41) is 3.68. The number of thiocarbonyl (C=S) groups is 1. The molecule has 0 aromatic rings. The van der Waals surface area contributed by atoms with Gasteiger partial charge in [0.05, 0.1) is 10.2 Å². The highest BCUT2D eigenvalue weighted by atomic mass is 32.2. The van der Waals surface area contributed by atoms with Crippen LogP contribution in [0.5, 0.6) is 0 Å². The molecule has 0 spiro atoms. The predicted molar refractivity (Wildman–Crippen MR) is 42.5 cm³/mol. The van der Waals surface area contributed by atoms with Crippen molar-refractivity contribution >= 4 is 29.0 Å². The number of hydrogen-bond acceptors (Lipinski definition) is 2. The van der Waals surface area contributed by atoms with E-state index in [1.54, 1.807) is 0 Å². The van der Waals surface area contributed by atoms with Gasteiger partial charge in [-0.05, 0) is 6.92 Å². The summed E-state index contributed by atoms with van der Waals surface area (Å²) in [6.07, 6.45) is 0. The Hall–Kier alpha value is 0.240. The first-order valence-corrected chi connectivity index (χ1v) is 4.16. The topological polar surface area (TPSA) is 12.0 Å². The van der Waals surface area contributed by atoms with Gasteiger partial charge in [-0.15, -0.1) is 11.8 Å². The van der Waals surface area contributed by atoms with Crippen LogP contribution in [0.25, 0.3) is 0 Å². The standard InChI is InChI=1S/C5H9NS2/c1-4-5(7)6-2-3-8-4/h4H,2-3H2,1H3,(H,6,7)/t4-/m0/s1. The highest BCUT2D eigenvalue weighted by Crippen LogP contribution is 2.13. The summed E-state index contributed by atoms with van der Waals surface area (Å²) in [4.78, 5) is 1.02. The smallest absolute Gasteiger partial charge is 0.0882 e. The van der Waals surface area contributed by atoms with Crippen molar-refractivity contribution in [2.24, 2.45) is 0 Å². The molecule has 0 amide bonds. The van der Waals surface area contributed by atoms with Crippen molar-refractivity contribution in [3.05, 3.63) is 0 Å². The third kappa shape index (κ3) is 1.36. The Kier molecular flexibility index (Phi) is 2.14. The zero-order valence-corrected chi connectivity index (χ0v) is 6.44. The summed E-state index contributed by atoms with van der Waals surface area (Å²) in [5.41, 5.74) is 0. The van der Waals surface area contributed by atoms with E-state index in [-0.39, 0.29) is 0 Å². The lowest BCUT2D eigenvalue weighted by Gasteiger charge is -2.19. The molecule has 1 atom stereocenters. The number of rotatable bonds is 0. The monoisotopic (exact) mass is 147 g/mol. The summed E-state index contributed by atoms with van der Waals surface area (Å²) < 4.78 is 0. The minimum absolute atomic E-state index is 0.541. The summed E-state index contributed by atoms with van der Waals surface area (Å²) in [5.74, 6) is 1.20. The van der Waals surface area contributed by atoms with Gasteiger partial charge < -0.3 is 5.32 Å². The first kappa shape index (κ1) is 6.36. The van der Waals surface area contributed by atoms with E-state index < -0.39 is 0 Å². The molecule has 0 unspecified atom stereocenters. The summed E-state index contributed by atoms with van der Waals surface area (Å²) in [6.45, 7) is 3.19. The molecule has 1 heterocycles. The molecule has 0 saturated carbocycles. The minimum Gasteiger partial charge on any atom is -0.378 e. The molecule has 1 saturated heterocycles. The number of nitrogens with one attached hydrogen (secondary N) is 1. The van der Waals surface area contributed by atoms with Gasteiger partial charge in [0, 0.05) is 12.3 Å². The quantitative estimate of drug-likeness (QED) is 0.514. The molecule has 0 aromatic carbocycles. The minimum atomic E-state index is 0.541. The van der Waals surface area contributed by atoms with Crippen molar-refractivity contribution < 1.29 is 0 Å². The molecular weight excluding hydrogens is 138 g/mol. The third-order valence-corrected chi connectivity index (χ3v) is 2.96. The molecule has 1 fully saturated rings. The van der Waals surface area contributed by atoms with Crippen molar-refractivity contribution in [3.8, 4) is 0 Å². The number of thioether (sulfide) groups is 1. The maximum Gasteiger partial charge on any atom is 0.0882 e. The van der Waals surface area contributed by atoms with Crippen LogP contribution in [0, 0.1) is 0 Å². The summed E-state index contributed by atoms with van der Waals surface area (Å²) in [7, 11) is 0. The molecule has 0 aromatic heterocycles. The second kappa shape index (κ2) is 2.69. The Bertz CT molecular complexity index is 103. The van der Waals surface area contributed by atoms with Gasteiger partial charge >= 0.3 is 0 Å². The SMILES string of the molecule is C[C@@H]1SCCNC1=S. The molecule has 1 N–H and O–H groups in total. The van der Waals surface area contributed by atoms with Gasteiger partial charge in [-0.3, -0.25) is 0 Å². The zero-order valence-electron chi connectivity index (χ0n) is 4.81. The van der Waals surface area contributed by atoms with E-state index in [4.69, 9.17) is 12.2 Å². The first-order valence-electron chi connectivity index (χ1n) is 2.70. The lowest BCUT2D eigenvalue weighted by Crippen LogP contribution is -2.35. The van der Waals surface area contributed by atoms with Crippen LogP contribution in [0.3, 0.4) is 0 Å². The van der Waals surface area contributed by atoms with Gasteiger partial charge in [-0.2, -0.15) is 0 Å². The highest BCUT2D eigenvalue weighted by molar-refractivity contribution is 8.01. The summed E-state index contributed by atoms with van der Waals surface area (Å²) >= 11 is 6.92. The van der Waals surface area contributed by atoms with Crippen LogP contribution < -0.4 is 5.32 Å². The molecule has 1 nitrogen and oxygen atoms in total. The molecule has 1 aliphatic heterocycles. The van der Waals surface area contributed by atoms with Crippen LogP contribution in [0.1, 0.15) is 6.92 Å². The van der Waals surface area contributed by atoms with E-state index in [9.17, 15) is 0 Å². The van der Waals surface area contributed by atoms with E-state index in [0.717, 1.165) is 11.5 Å². The Morgan fingerprint density at radius 1 is 1.88 bits per heavy atom. The van der Waals surface area contributed by atoms with Crippen LogP contribution >= 0.6 is 24.0 Å². The fourth-order valence-corrected chi connectivity index (χ4v) is 1.74. The van der Waals surface area contributed by atoms with Crippen LogP contribution in [-0.4, -0.2) is 22.5 Å². The average Bonchev–Trinajstić information content (AvgIpc) is 1.77. The van der Waals surface area contributed by atoms with Gasteiger partial charge in [-0.1, -0.05) is 12.2 Å². The van der Waals surface area contributed by atoms with Gasteiger partial charge in [0.1, 0.15) is 0 Å². The Balaban J connectivity index is 2.39. The van der Waals surface area contributed by atoms with E-state index in [1.165, 1.54) is 5.75 Å².